The maximum absolute atomic E-state index is 10.9. The normalized spacial score (nSPS) is 16.4. The van der Waals surface area contributed by atoms with Gasteiger partial charge in [0.2, 0.25) is 0 Å². The molecule has 0 aliphatic heterocycles. The fourth-order valence-electron chi connectivity index (χ4n) is 1.51. The molecule has 0 unspecified atom stereocenters. The zero-order valence-electron chi connectivity index (χ0n) is 9.62. The molecule has 16 heavy (non-hydrogen) atoms. The standard InChI is InChI=1S/C12H16O4/c1-9(13)15-11-7-5-3-4-6-8-12(11)16-10(2)14/h3-4H,5-8H2,1-2H3. The number of allylic oxidation sites excluding steroid dienone is 4. The van der Waals surface area contributed by atoms with E-state index < -0.39 is 0 Å². The lowest BCUT2D eigenvalue weighted by Crippen LogP contribution is -2.08. The van der Waals surface area contributed by atoms with Crippen molar-refractivity contribution in [3.8, 4) is 0 Å². The molecule has 4 heteroatoms. The molecule has 0 aromatic carbocycles. The van der Waals surface area contributed by atoms with E-state index in [2.05, 4.69) is 0 Å². The summed E-state index contributed by atoms with van der Waals surface area (Å²) in [6.07, 6.45) is 6.81. The number of esters is 2. The number of carbonyl (C=O) groups excluding carboxylic acids is 2. The van der Waals surface area contributed by atoms with E-state index in [1.54, 1.807) is 0 Å². The highest BCUT2D eigenvalue weighted by Crippen LogP contribution is 2.22. The second-order valence-corrected chi connectivity index (χ2v) is 3.58. The van der Waals surface area contributed by atoms with Crippen molar-refractivity contribution in [2.75, 3.05) is 0 Å². The van der Waals surface area contributed by atoms with Crippen LogP contribution in [0.3, 0.4) is 0 Å². The van der Waals surface area contributed by atoms with E-state index in [4.69, 9.17) is 9.47 Å². The molecule has 0 amide bonds. The number of carbonyl (C=O) groups is 2. The molecular weight excluding hydrogens is 208 g/mol. The van der Waals surface area contributed by atoms with Crippen LogP contribution in [0.5, 0.6) is 0 Å². The van der Waals surface area contributed by atoms with Gasteiger partial charge in [-0.1, -0.05) is 12.2 Å². The predicted octanol–water partition coefficient (Wildman–Crippen LogP) is 2.45. The van der Waals surface area contributed by atoms with Crippen molar-refractivity contribution in [1.29, 1.82) is 0 Å². The number of rotatable bonds is 2. The van der Waals surface area contributed by atoms with E-state index in [-0.39, 0.29) is 11.9 Å². The second kappa shape index (κ2) is 6.10. The minimum absolute atomic E-state index is 0.385. The van der Waals surface area contributed by atoms with Crippen LogP contribution in [-0.2, 0) is 19.1 Å². The maximum Gasteiger partial charge on any atom is 0.307 e. The van der Waals surface area contributed by atoms with Crippen LogP contribution in [0.4, 0.5) is 0 Å². The van der Waals surface area contributed by atoms with Gasteiger partial charge in [-0.15, -0.1) is 0 Å². The third-order valence-corrected chi connectivity index (χ3v) is 2.09. The highest BCUT2D eigenvalue weighted by Gasteiger charge is 2.14. The smallest absolute Gasteiger partial charge is 0.307 e. The molecule has 1 aliphatic carbocycles. The lowest BCUT2D eigenvalue weighted by molar-refractivity contribution is -0.141. The van der Waals surface area contributed by atoms with Crippen molar-refractivity contribution < 1.29 is 19.1 Å². The first-order chi connectivity index (χ1) is 7.59. The van der Waals surface area contributed by atoms with Gasteiger partial charge in [0.25, 0.3) is 0 Å². The Bertz CT molecular complexity index is 307. The summed E-state index contributed by atoms with van der Waals surface area (Å²) in [5.74, 6) is 0.188. The summed E-state index contributed by atoms with van der Waals surface area (Å²) in [7, 11) is 0. The molecule has 0 fully saturated rings. The Morgan fingerprint density at radius 1 is 0.938 bits per heavy atom. The van der Waals surface area contributed by atoms with E-state index in [0.29, 0.717) is 24.4 Å². The largest absolute Gasteiger partial charge is 0.428 e. The van der Waals surface area contributed by atoms with Gasteiger partial charge in [0, 0.05) is 26.7 Å². The Kier molecular flexibility index (Phi) is 4.76. The number of hydrogen-bond acceptors (Lipinski definition) is 4. The van der Waals surface area contributed by atoms with E-state index in [1.807, 2.05) is 12.2 Å². The summed E-state index contributed by atoms with van der Waals surface area (Å²) in [5.41, 5.74) is 0. The van der Waals surface area contributed by atoms with Crippen LogP contribution in [0.2, 0.25) is 0 Å². The average Bonchev–Trinajstić information content (AvgIpc) is 2.15. The van der Waals surface area contributed by atoms with Gasteiger partial charge in [-0.3, -0.25) is 9.59 Å². The van der Waals surface area contributed by atoms with Crippen LogP contribution >= 0.6 is 0 Å². The molecule has 0 aromatic heterocycles. The van der Waals surface area contributed by atoms with Gasteiger partial charge >= 0.3 is 11.9 Å². The van der Waals surface area contributed by atoms with Gasteiger partial charge in [-0.2, -0.15) is 0 Å². The van der Waals surface area contributed by atoms with E-state index >= 15 is 0 Å². The fourth-order valence-corrected chi connectivity index (χ4v) is 1.51. The van der Waals surface area contributed by atoms with Crippen LogP contribution in [0.15, 0.2) is 23.7 Å². The Morgan fingerprint density at radius 3 is 1.62 bits per heavy atom. The summed E-state index contributed by atoms with van der Waals surface area (Å²) in [6, 6.07) is 0. The molecule has 0 atom stereocenters. The molecule has 0 heterocycles. The molecule has 0 spiro atoms. The summed E-state index contributed by atoms with van der Waals surface area (Å²) in [4.78, 5) is 21.9. The van der Waals surface area contributed by atoms with Crippen LogP contribution in [0.1, 0.15) is 39.5 Å². The molecule has 0 aromatic rings. The molecule has 88 valence electrons. The summed E-state index contributed by atoms with van der Waals surface area (Å²) < 4.78 is 10.1. The molecule has 0 radical (unpaired) electrons. The van der Waals surface area contributed by atoms with Gasteiger partial charge in [0.05, 0.1) is 0 Å². The van der Waals surface area contributed by atoms with Crippen molar-refractivity contribution >= 4 is 11.9 Å². The Labute approximate surface area is 94.9 Å². The second-order valence-electron chi connectivity index (χ2n) is 3.58. The lowest BCUT2D eigenvalue weighted by atomic mass is 10.1. The quantitative estimate of drug-likeness (QED) is 0.534. The first-order valence-electron chi connectivity index (χ1n) is 5.33. The fraction of sp³-hybridized carbons (Fsp3) is 0.500. The van der Waals surface area contributed by atoms with Crippen molar-refractivity contribution in [3.05, 3.63) is 23.7 Å². The average molecular weight is 224 g/mol. The summed E-state index contributed by atoms with van der Waals surface area (Å²) in [5, 5.41) is 0. The van der Waals surface area contributed by atoms with Gasteiger partial charge in [0.15, 0.2) is 0 Å². The molecule has 1 rings (SSSR count). The van der Waals surface area contributed by atoms with Crippen molar-refractivity contribution in [2.24, 2.45) is 0 Å². The van der Waals surface area contributed by atoms with Gasteiger partial charge in [-0.25, -0.2) is 0 Å². The molecule has 0 saturated heterocycles. The topological polar surface area (TPSA) is 52.6 Å². The van der Waals surface area contributed by atoms with E-state index in [9.17, 15) is 9.59 Å². The van der Waals surface area contributed by atoms with Crippen molar-refractivity contribution in [1.82, 2.24) is 0 Å². The zero-order valence-corrected chi connectivity index (χ0v) is 9.62. The van der Waals surface area contributed by atoms with Gasteiger partial charge in [0.1, 0.15) is 11.5 Å². The maximum atomic E-state index is 10.9. The van der Waals surface area contributed by atoms with Crippen LogP contribution in [-0.4, -0.2) is 11.9 Å². The van der Waals surface area contributed by atoms with Crippen molar-refractivity contribution in [3.63, 3.8) is 0 Å². The predicted molar refractivity (Wildman–Crippen MR) is 58.2 cm³/mol. The third kappa shape index (κ3) is 4.29. The first kappa shape index (κ1) is 12.5. The van der Waals surface area contributed by atoms with Crippen LogP contribution < -0.4 is 0 Å². The SMILES string of the molecule is CC(=O)OC1=C(OC(C)=O)CCC=CCC1. The molecule has 1 aliphatic rings. The van der Waals surface area contributed by atoms with Crippen LogP contribution in [0.25, 0.3) is 0 Å². The Hall–Kier alpha value is -1.58. The summed E-state index contributed by atoms with van der Waals surface area (Å²) >= 11 is 0. The minimum atomic E-state index is -0.385. The van der Waals surface area contributed by atoms with Gasteiger partial charge < -0.3 is 9.47 Å². The van der Waals surface area contributed by atoms with Crippen LogP contribution in [0, 0.1) is 0 Å². The third-order valence-electron chi connectivity index (χ3n) is 2.09. The lowest BCUT2D eigenvalue weighted by Gasteiger charge is -2.14. The molecule has 0 N–H and O–H groups in total. The summed E-state index contributed by atoms with van der Waals surface area (Å²) in [6.45, 7) is 2.68. The van der Waals surface area contributed by atoms with Gasteiger partial charge in [-0.05, 0) is 12.8 Å². The van der Waals surface area contributed by atoms with Crippen molar-refractivity contribution in [2.45, 2.75) is 39.5 Å². The molecule has 4 nitrogen and oxygen atoms in total. The number of hydrogen-bond donors (Lipinski definition) is 0. The molecule has 0 bridgehead atoms. The Balaban J connectivity index is 2.83. The monoisotopic (exact) mass is 224 g/mol. The first-order valence-corrected chi connectivity index (χ1v) is 5.33. The minimum Gasteiger partial charge on any atom is -0.428 e. The van der Waals surface area contributed by atoms with E-state index in [1.165, 1.54) is 13.8 Å². The number of ether oxygens (including phenoxy) is 2. The highest BCUT2D eigenvalue weighted by molar-refractivity contribution is 5.69. The highest BCUT2D eigenvalue weighted by atomic mass is 16.6. The Morgan fingerprint density at radius 2 is 1.31 bits per heavy atom. The van der Waals surface area contributed by atoms with E-state index in [0.717, 1.165) is 12.8 Å². The zero-order chi connectivity index (χ0) is 12.0. The molecular formula is C12H16O4. The molecule has 0 saturated carbocycles.